The Morgan fingerprint density at radius 2 is 2.21 bits per heavy atom. The average Bonchev–Trinajstić information content (AvgIpc) is 2.59. The van der Waals surface area contributed by atoms with Crippen LogP contribution in [0.5, 0.6) is 0 Å². The van der Waals surface area contributed by atoms with Crippen molar-refractivity contribution >= 4 is 0 Å². The Labute approximate surface area is 107 Å². The van der Waals surface area contributed by atoms with Crippen LogP contribution in [-0.2, 0) is 4.74 Å². The Balaban J connectivity index is 2.47. The Morgan fingerprint density at radius 1 is 1.58 bits per heavy atom. The van der Waals surface area contributed by atoms with E-state index in [9.17, 15) is 19.1 Å². The highest BCUT2D eigenvalue weighted by Crippen LogP contribution is 2.37. The van der Waals surface area contributed by atoms with Gasteiger partial charge in [0.2, 0.25) is 0 Å². The van der Waals surface area contributed by atoms with Crippen LogP contribution in [0.25, 0.3) is 0 Å². The summed E-state index contributed by atoms with van der Waals surface area (Å²) in [6.45, 7) is 2.20. The number of aromatic nitrogens is 2. The second-order valence-electron chi connectivity index (χ2n) is 4.85. The van der Waals surface area contributed by atoms with E-state index in [1.54, 1.807) is 0 Å². The predicted molar refractivity (Wildman–Crippen MR) is 62.6 cm³/mol. The largest absolute Gasteiger partial charge is 0.393 e. The predicted octanol–water partition coefficient (Wildman–Crippen LogP) is -1.18. The number of hydrogen-bond acceptors (Lipinski definition) is 5. The van der Waals surface area contributed by atoms with Crippen molar-refractivity contribution in [1.29, 1.82) is 0 Å². The second-order valence-corrected chi connectivity index (χ2v) is 4.85. The van der Waals surface area contributed by atoms with Crippen LogP contribution >= 0.6 is 0 Å². The molecule has 1 aliphatic heterocycles. The van der Waals surface area contributed by atoms with Gasteiger partial charge in [0.1, 0.15) is 11.7 Å². The molecular weight excluding hydrogens is 259 g/mol. The summed E-state index contributed by atoms with van der Waals surface area (Å²) in [5.74, 6) is 0. The highest BCUT2D eigenvalue weighted by molar-refractivity contribution is 5.05. The van der Waals surface area contributed by atoms with E-state index in [1.807, 2.05) is 4.98 Å². The fourth-order valence-electron chi connectivity index (χ4n) is 2.02. The van der Waals surface area contributed by atoms with Crippen LogP contribution < -0.4 is 11.2 Å². The average molecular weight is 274 g/mol. The summed E-state index contributed by atoms with van der Waals surface area (Å²) in [5.41, 5.74) is -2.69. The van der Waals surface area contributed by atoms with Gasteiger partial charge in [0, 0.05) is 11.8 Å². The molecule has 3 N–H and O–H groups in total. The smallest absolute Gasteiger partial charge is 0.330 e. The topological polar surface area (TPSA) is 105 Å². The van der Waals surface area contributed by atoms with Crippen molar-refractivity contribution in [2.24, 2.45) is 0 Å². The summed E-state index contributed by atoms with van der Waals surface area (Å²) >= 11 is 0. The molecule has 1 aliphatic rings. The Kier molecular flexibility index (Phi) is 3.33. The number of aliphatic hydroxyl groups excluding tert-OH is 2. The van der Waals surface area contributed by atoms with Gasteiger partial charge in [-0.05, 0) is 13.8 Å². The Morgan fingerprint density at radius 3 is 2.74 bits per heavy atom. The van der Waals surface area contributed by atoms with E-state index in [4.69, 9.17) is 9.84 Å². The molecule has 1 aromatic heterocycles. The van der Waals surface area contributed by atoms with Crippen LogP contribution in [-0.4, -0.2) is 44.2 Å². The van der Waals surface area contributed by atoms with Gasteiger partial charge in [-0.15, -0.1) is 0 Å². The number of hydrogen-bond donors (Lipinski definition) is 3. The maximum atomic E-state index is 14.0. The van der Waals surface area contributed by atoms with Gasteiger partial charge in [0.05, 0.1) is 6.61 Å². The maximum absolute atomic E-state index is 14.0. The molecule has 2 rings (SSSR count). The van der Waals surface area contributed by atoms with Crippen LogP contribution in [0, 0.1) is 6.92 Å². The molecule has 19 heavy (non-hydrogen) atoms. The molecule has 1 saturated heterocycles. The normalized spacial score (nSPS) is 34.7. The number of aromatic amines is 1. The first-order valence-electron chi connectivity index (χ1n) is 5.73. The molecule has 0 aromatic carbocycles. The van der Waals surface area contributed by atoms with Crippen LogP contribution in [0.15, 0.2) is 15.8 Å². The summed E-state index contributed by atoms with van der Waals surface area (Å²) in [6, 6.07) is 0. The van der Waals surface area contributed by atoms with Gasteiger partial charge in [0.15, 0.2) is 12.4 Å². The number of nitrogens with one attached hydrogen (secondary N) is 1. The second kappa shape index (κ2) is 4.55. The van der Waals surface area contributed by atoms with Gasteiger partial charge in [-0.3, -0.25) is 14.3 Å². The number of aryl methyl sites for hydroxylation is 1. The molecule has 1 aromatic rings. The minimum atomic E-state index is -1.89. The third kappa shape index (κ3) is 2.11. The minimum Gasteiger partial charge on any atom is -0.393 e. The third-order valence-electron chi connectivity index (χ3n) is 3.32. The van der Waals surface area contributed by atoms with Crippen LogP contribution in [0.3, 0.4) is 0 Å². The van der Waals surface area contributed by atoms with Gasteiger partial charge >= 0.3 is 5.69 Å². The molecule has 0 radical (unpaired) electrons. The standard InChI is InChI=1S/C11H15FN2O5/c1-5-3-14(10(18)13-8(5)17)9-6(12)7(16)11(2,4-15)19-9/h3,6-7,9,15-16H,4H2,1-2H3,(H,13,17,18)/t6-,7-,9+,11+/m0/s1. The molecule has 106 valence electrons. The van der Waals surface area contributed by atoms with E-state index in [2.05, 4.69) is 0 Å². The number of ether oxygens (including phenoxy) is 1. The number of nitrogens with zero attached hydrogens (tertiary/aromatic N) is 1. The zero-order valence-electron chi connectivity index (χ0n) is 10.5. The first-order valence-corrected chi connectivity index (χ1v) is 5.73. The molecule has 8 heteroatoms. The lowest BCUT2D eigenvalue weighted by atomic mass is 9.99. The maximum Gasteiger partial charge on any atom is 0.330 e. The first-order chi connectivity index (χ1) is 8.80. The van der Waals surface area contributed by atoms with Crippen molar-refractivity contribution in [3.63, 3.8) is 0 Å². The Hall–Kier alpha value is -1.51. The van der Waals surface area contributed by atoms with E-state index < -0.39 is 42.0 Å². The Bertz CT molecular complexity index is 597. The van der Waals surface area contributed by atoms with Crippen molar-refractivity contribution in [2.75, 3.05) is 6.61 Å². The van der Waals surface area contributed by atoms with Gasteiger partial charge in [-0.2, -0.15) is 0 Å². The molecule has 0 amide bonds. The molecule has 7 nitrogen and oxygen atoms in total. The van der Waals surface area contributed by atoms with E-state index in [0.717, 1.165) is 10.8 Å². The number of halogens is 1. The molecule has 0 unspecified atom stereocenters. The van der Waals surface area contributed by atoms with Gasteiger partial charge < -0.3 is 14.9 Å². The highest BCUT2D eigenvalue weighted by Gasteiger charge is 2.53. The van der Waals surface area contributed by atoms with Crippen molar-refractivity contribution in [1.82, 2.24) is 9.55 Å². The molecule has 1 fully saturated rings. The first kappa shape index (κ1) is 13.9. The van der Waals surface area contributed by atoms with Gasteiger partial charge in [-0.25, -0.2) is 9.18 Å². The quantitative estimate of drug-likeness (QED) is 0.630. The molecular formula is C11H15FN2O5. The summed E-state index contributed by atoms with van der Waals surface area (Å²) < 4.78 is 20.1. The number of H-pyrrole nitrogens is 1. The highest BCUT2D eigenvalue weighted by atomic mass is 19.1. The van der Waals surface area contributed by atoms with Gasteiger partial charge in [-0.1, -0.05) is 0 Å². The number of alkyl halides is 1. The lowest BCUT2D eigenvalue weighted by Gasteiger charge is -2.24. The fourth-order valence-corrected chi connectivity index (χ4v) is 2.02. The molecule has 0 spiro atoms. The van der Waals surface area contributed by atoms with Crippen LogP contribution in [0.2, 0.25) is 0 Å². The molecule has 0 aliphatic carbocycles. The van der Waals surface area contributed by atoms with Crippen LogP contribution in [0.1, 0.15) is 18.7 Å². The molecule has 2 heterocycles. The summed E-state index contributed by atoms with van der Waals surface area (Å²) in [5, 5.41) is 18.9. The summed E-state index contributed by atoms with van der Waals surface area (Å²) in [4.78, 5) is 24.9. The van der Waals surface area contributed by atoms with Crippen molar-refractivity contribution in [3.8, 4) is 0 Å². The van der Waals surface area contributed by atoms with Crippen molar-refractivity contribution in [3.05, 3.63) is 32.6 Å². The lowest BCUT2D eigenvalue weighted by molar-refractivity contribution is -0.117. The number of aliphatic hydroxyl groups is 2. The van der Waals surface area contributed by atoms with E-state index in [0.29, 0.717) is 0 Å². The third-order valence-corrected chi connectivity index (χ3v) is 3.32. The lowest BCUT2D eigenvalue weighted by Crippen LogP contribution is -2.42. The van der Waals surface area contributed by atoms with E-state index >= 15 is 0 Å². The zero-order chi connectivity index (χ0) is 14.4. The monoisotopic (exact) mass is 274 g/mol. The van der Waals surface area contributed by atoms with Crippen molar-refractivity contribution in [2.45, 2.75) is 38.0 Å². The SMILES string of the molecule is Cc1cn([C@@H]2O[C@](C)(CO)[C@@H](O)[C@@H]2F)c(=O)[nH]c1=O. The van der Waals surface area contributed by atoms with Crippen molar-refractivity contribution < 1.29 is 19.3 Å². The summed E-state index contributed by atoms with van der Waals surface area (Å²) in [6.07, 6.45) is -3.69. The van der Waals surface area contributed by atoms with Crippen LogP contribution in [0.4, 0.5) is 4.39 Å². The summed E-state index contributed by atoms with van der Waals surface area (Å²) in [7, 11) is 0. The van der Waals surface area contributed by atoms with E-state index in [1.165, 1.54) is 13.8 Å². The molecule has 0 bridgehead atoms. The number of rotatable bonds is 2. The zero-order valence-corrected chi connectivity index (χ0v) is 10.5. The van der Waals surface area contributed by atoms with Gasteiger partial charge in [0.25, 0.3) is 5.56 Å². The fraction of sp³-hybridized carbons (Fsp3) is 0.636. The van der Waals surface area contributed by atoms with E-state index in [-0.39, 0.29) is 5.56 Å². The molecule has 0 saturated carbocycles. The minimum absolute atomic E-state index is 0.211. The molecule has 4 atom stereocenters.